The number of hydrogen-bond donors (Lipinski definition) is 2. The van der Waals surface area contributed by atoms with Crippen molar-refractivity contribution in [3.8, 4) is 0 Å². The zero-order valence-corrected chi connectivity index (χ0v) is 15.6. The van der Waals surface area contributed by atoms with Gasteiger partial charge in [0.15, 0.2) is 0 Å². The van der Waals surface area contributed by atoms with Gasteiger partial charge in [-0.2, -0.15) is 0 Å². The van der Waals surface area contributed by atoms with Crippen molar-refractivity contribution >= 4 is 56.0 Å². The molecule has 0 radical (unpaired) electrons. The highest BCUT2D eigenvalue weighted by Gasteiger charge is 2.11. The molecule has 6 heteroatoms. The Kier molecular flexibility index (Phi) is 5.96. The van der Waals surface area contributed by atoms with Crippen LogP contribution in [0.25, 0.3) is 0 Å². The van der Waals surface area contributed by atoms with Gasteiger partial charge in [-0.1, -0.05) is 28.1 Å². The summed E-state index contributed by atoms with van der Waals surface area (Å²) in [6, 6.07) is 12.8. The van der Waals surface area contributed by atoms with Gasteiger partial charge in [0.1, 0.15) is 0 Å². The van der Waals surface area contributed by atoms with E-state index in [9.17, 15) is 9.59 Å². The summed E-state index contributed by atoms with van der Waals surface area (Å²) >= 11 is 5.50. The molecule has 0 aliphatic rings. The van der Waals surface area contributed by atoms with Crippen molar-refractivity contribution in [3.63, 3.8) is 0 Å². The van der Waals surface area contributed by atoms with E-state index in [1.54, 1.807) is 18.2 Å². The highest BCUT2D eigenvalue weighted by atomic mass is 127. The zero-order valence-electron chi connectivity index (χ0n) is 11.8. The van der Waals surface area contributed by atoms with E-state index in [1.165, 1.54) is 0 Å². The summed E-state index contributed by atoms with van der Waals surface area (Å²) in [5.41, 5.74) is 2.30. The molecular weight excluding hydrogens is 459 g/mol. The van der Waals surface area contributed by atoms with E-state index < -0.39 is 0 Å². The number of rotatable bonds is 4. The lowest BCUT2D eigenvalue weighted by Gasteiger charge is -2.09. The van der Waals surface area contributed by atoms with Gasteiger partial charge in [-0.05, 0) is 65.4 Å². The third kappa shape index (κ3) is 4.54. The number of anilines is 1. The molecule has 2 N–H and O–H groups in total. The quantitative estimate of drug-likeness (QED) is 0.666. The first kappa shape index (κ1) is 17.0. The van der Waals surface area contributed by atoms with Crippen LogP contribution in [-0.4, -0.2) is 18.4 Å². The van der Waals surface area contributed by atoms with Crippen LogP contribution >= 0.6 is 38.5 Å². The number of hydrogen-bond acceptors (Lipinski definition) is 2. The third-order valence-electron chi connectivity index (χ3n) is 2.97. The predicted molar refractivity (Wildman–Crippen MR) is 99.0 cm³/mol. The average Bonchev–Trinajstić information content (AvgIpc) is 2.49. The molecule has 2 aromatic rings. The molecule has 2 rings (SSSR count). The van der Waals surface area contributed by atoms with Crippen LogP contribution in [0.5, 0.6) is 0 Å². The Morgan fingerprint density at radius 3 is 2.59 bits per heavy atom. The Morgan fingerprint density at radius 2 is 1.91 bits per heavy atom. The number of carbonyl (C=O) groups excluding carboxylic acids is 2. The first-order valence-corrected chi connectivity index (χ1v) is 8.43. The minimum absolute atomic E-state index is 0.0705. The molecule has 22 heavy (non-hydrogen) atoms. The van der Waals surface area contributed by atoms with Crippen molar-refractivity contribution in [1.29, 1.82) is 0 Å². The predicted octanol–water partition coefficient (Wildman–Crippen LogP) is 3.73. The Labute approximate surface area is 151 Å². The molecule has 2 aromatic carbocycles. The smallest absolute Gasteiger partial charge is 0.252 e. The number of benzene rings is 2. The Hall–Kier alpha value is -1.41. The molecule has 0 fully saturated rings. The second-order valence-electron chi connectivity index (χ2n) is 4.67. The van der Waals surface area contributed by atoms with Crippen molar-refractivity contribution in [2.24, 2.45) is 0 Å². The maximum absolute atomic E-state index is 12.0. The highest BCUT2D eigenvalue weighted by molar-refractivity contribution is 14.1. The van der Waals surface area contributed by atoms with Crippen LogP contribution in [-0.2, 0) is 4.79 Å². The molecule has 0 unspecified atom stereocenters. The maximum Gasteiger partial charge on any atom is 0.252 e. The normalized spacial score (nSPS) is 10.1. The summed E-state index contributed by atoms with van der Waals surface area (Å²) in [6.07, 6.45) is 0. The summed E-state index contributed by atoms with van der Waals surface area (Å²) in [5, 5.41) is 5.38. The van der Waals surface area contributed by atoms with Gasteiger partial charge in [0.2, 0.25) is 5.91 Å². The van der Waals surface area contributed by atoms with Gasteiger partial charge in [-0.25, -0.2) is 0 Å². The number of amides is 2. The number of nitrogens with one attached hydrogen (secondary N) is 2. The highest BCUT2D eigenvalue weighted by Crippen LogP contribution is 2.19. The van der Waals surface area contributed by atoms with Crippen molar-refractivity contribution in [2.45, 2.75) is 6.92 Å². The number of carbonyl (C=O) groups is 2. The lowest BCUT2D eigenvalue weighted by atomic mass is 10.2. The molecule has 0 spiro atoms. The van der Waals surface area contributed by atoms with E-state index in [-0.39, 0.29) is 18.4 Å². The van der Waals surface area contributed by atoms with Crippen molar-refractivity contribution in [2.75, 3.05) is 11.9 Å². The minimum atomic E-state index is -0.263. The van der Waals surface area contributed by atoms with E-state index >= 15 is 0 Å². The van der Waals surface area contributed by atoms with E-state index in [0.717, 1.165) is 13.6 Å². The van der Waals surface area contributed by atoms with Crippen LogP contribution in [0.4, 0.5) is 5.69 Å². The SMILES string of the molecule is Cc1cc(NC(=O)CNC(=O)c2ccccc2I)ccc1Br. The fourth-order valence-corrected chi connectivity index (χ4v) is 2.71. The first-order valence-electron chi connectivity index (χ1n) is 6.56. The molecule has 2 amide bonds. The van der Waals surface area contributed by atoms with E-state index in [4.69, 9.17) is 0 Å². The standard InChI is InChI=1S/C16H14BrIN2O2/c1-10-8-11(6-7-13(10)17)20-15(21)9-19-16(22)12-4-2-3-5-14(12)18/h2-8H,9H2,1H3,(H,19,22)(H,20,21). The van der Waals surface area contributed by atoms with Gasteiger partial charge >= 0.3 is 0 Å². The lowest BCUT2D eigenvalue weighted by Crippen LogP contribution is -2.33. The molecular formula is C16H14BrIN2O2. The van der Waals surface area contributed by atoms with Crippen molar-refractivity contribution in [1.82, 2.24) is 5.32 Å². The fraction of sp³-hybridized carbons (Fsp3) is 0.125. The maximum atomic E-state index is 12.0. The van der Waals surface area contributed by atoms with Crippen molar-refractivity contribution in [3.05, 3.63) is 61.6 Å². The van der Waals surface area contributed by atoms with Crippen molar-refractivity contribution < 1.29 is 9.59 Å². The van der Waals surface area contributed by atoms with E-state index in [2.05, 4.69) is 49.2 Å². The average molecular weight is 473 g/mol. The van der Waals surface area contributed by atoms with Crippen LogP contribution in [0.1, 0.15) is 15.9 Å². The van der Waals surface area contributed by atoms with E-state index in [0.29, 0.717) is 11.3 Å². The van der Waals surface area contributed by atoms with Crippen LogP contribution < -0.4 is 10.6 Å². The van der Waals surface area contributed by atoms with Gasteiger partial charge < -0.3 is 10.6 Å². The van der Waals surface area contributed by atoms with Gasteiger partial charge in [0.25, 0.3) is 5.91 Å². The molecule has 0 aromatic heterocycles. The molecule has 114 valence electrons. The summed E-state index contributed by atoms with van der Waals surface area (Å²) in [5.74, 6) is -0.520. The monoisotopic (exact) mass is 472 g/mol. The Balaban J connectivity index is 1.91. The molecule has 0 saturated carbocycles. The van der Waals surface area contributed by atoms with Gasteiger partial charge in [0, 0.05) is 13.7 Å². The summed E-state index contributed by atoms with van der Waals surface area (Å²) in [6.45, 7) is 1.87. The molecule has 0 aliphatic carbocycles. The molecule has 4 nitrogen and oxygen atoms in total. The number of aryl methyl sites for hydroxylation is 1. The third-order valence-corrected chi connectivity index (χ3v) is 4.80. The number of halogens is 2. The Morgan fingerprint density at radius 1 is 1.18 bits per heavy atom. The van der Waals surface area contributed by atoms with Crippen LogP contribution in [0.2, 0.25) is 0 Å². The topological polar surface area (TPSA) is 58.2 Å². The molecule has 0 bridgehead atoms. The largest absolute Gasteiger partial charge is 0.343 e. The van der Waals surface area contributed by atoms with Crippen LogP contribution in [0.15, 0.2) is 46.9 Å². The molecule has 0 atom stereocenters. The second-order valence-corrected chi connectivity index (χ2v) is 6.69. The fourth-order valence-electron chi connectivity index (χ4n) is 1.83. The second kappa shape index (κ2) is 7.73. The van der Waals surface area contributed by atoms with Crippen LogP contribution in [0, 0.1) is 10.5 Å². The molecule has 0 heterocycles. The minimum Gasteiger partial charge on any atom is -0.343 e. The molecule has 0 aliphatic heterocycles. The van der Waals surface area contributed by atoms with E-state index in [1.807, 2.05) is 31.2 Å². The summed E-state index contributed by atoms with van der Waals surface area (Å²) in [4.78, 5) is 23.9. The van der Waals surface area contributed by atoms with Gasteiger partial charge in [-0.15, -0.1) is 0 Å². The van der Waals surface area contributed by atoms with Crippen LogP contribution in [0.3, 0.4) is 0 Å². The Bertz CT molecular complexity index is 719. The zero-order chi connectivity index (χ0) is 16.1. The summed E-state index contributed by atoms with van der Waals surface area (Å²) < 4.78 is 1.83. The summed E-state index contributed by atoms with van der Waals surface area (Å²) in [7, 11) is 0. The van der Waals surface area contributed by atoms with Gasteiger partial charge in [-0.3, -0.25) is 9.59 Å². The lowest BCUT2D eigenvalue weighted by molar-refractivity contribution is -0.115. The van der Waals surface area contributed by atoms with Gasteiger partial charge in [0.05, 0.1) is 12.1 Å². The first-order chi connectivity index (χ1) is 10.5. The molecule has 0 saturated heterocycles.